The standard InChI is InChI=1S/C17H16F3N5O/c18-17(19,20)6-13(26)25-5-1-2-10(8-25)15-14-11-3-4-21-16(11)22-7-12(14)23-9-24-15/h3-4,7,9-10H,1-2,5-6,8H2,(H,23,24). The summed E-state index contributed by atoms with van der Waals surface area (Å²) in [6, 6.07) is 1.85. The van der Waals surface area contributed by atoms with Crippen molar-refractivity contribution in [3.8, 4) is 0 Å². The maximum atomic E-state index is 12.6. The van der Waals surface area contributed by atoms with E-state index in [0.29, 0.717) is 24.1 Å². The summed E-state index contributed by atoms with van der Waals surface area (Å²) in [5.74, 6) is -0.964. The minimum absolute atomic E-state index is 0.0908. The van der Waals surface area contributed by atoms with Gasteiger partial charge in [0.2, 0.25) is 5.91 Å². The van der Waals surface area contributed by atoms with E-state index in [-0.39, 0.29) is 12.5 Å². The first-order chi connectivity index (χ1) is 12.4. The zero-order chi connectivity index (χ0) is 18.3. The van der Waals surface area contributed by atoms with Gasteiger partial charge in [-0.05, 0) is 18.9 Å². The van der Waals surface area contributed by atoms with Crippen molar-refractivity contribution in [1.29, 1.82) is 0 Å². The number of hydrogen-bond acceptors (Lipinski definition) is 4. The van der Waals surface area contributed by atoms with Crippen LogP contribution < -0.4 is 0 Å². The Morgan fingerprint density at radius 3 is 2.96 bits per heavy atom. The highest BCUT2D eigenvalue weighted by atomic mass is 19.4. The fourth-order valence-corrected chi connectivity index (χ4v) is 3.62. The highest BCUT2D eigenvalue weighted by Gasteiger charge is 2.35. The third-order valence-corrected chi connectivity index (χ3v) is 4.74. The van der Waals surface area contributed by atoms with Gasteiger partial charge in [-0.1, -0.05) is 0 Å². The van der Waals surface area contributed by atoms with E-state index in [1.165, 1.54) is 4.90 Å². The second kappa shape index (κ2) is 6.22. The van der Waals surface area contributed by atoms with Crippen molar-refractivity contribution in [1.82, 2.24) is 24.8 Å². The number of nitrogens with zero attached hydrogens (tertiary/aromatic N) is 4. The SMILES string of the molecule is O=C(CC(F)(F)F)N1CCCC(c2[nH]cnc3cnc4nccc4c23)C1. The number of piperidine rings is 1. The lowest BCUT2D eigenvalue weighted by Gasteiger charge is -2.33. The summed E-state index contributed by atoms with van der Waals surface area (Å²) in [6.07, 6.45) is 0.381. The smallest absolute Gasteiger partial charge is 0.349 e. The lowest BCUT2D eigenvalue weighted by atomic mass is 9.91. The zero-order valence-corrected chi connectivity index (χ0v) is 13.8. The molecule has 1 saturated heterocycles. The molecule has 1 fully saturated rings. The highest BCUT2D eigenvalue weighted by molar-refractivity contribution is 6.04. The van der Waals surface area contributed by atoms with Gasteiger partial charge in [-0.15, -0.1) is 0 Å². The van der Waals surface area contributed by atoms with Crippen LogP contribution in [0.4, 0.5) is 13.2 Å². The molecule has 0 radical (unpaired) electrons. The number of hydrogen-bond donors (Lipinski definition) is 1. The van der Waals surface area contributed by atoms with Crippen molar-refractivity contribution < 1.29 is 18.0 Å². The highest BCUT2D eigenvalue weighted by Crippen LogP contribution is 2.33. The third kappa shape index (κ3) is 3.09. The van der Waals surface area contributed by atoms with E-state index in [9.17, 15) is 18.0 Å². The topological polar surface area (TPSA) is 74.8 Å². The summed E-state index contributed by atoms with van der Waals surface area (Å²) < 4.78 is 37.7. The molecule has 6 nitrogen and oxygen atoms in total. The molecule has 0 aromatic carbocycles. The third-order valence-electron chi connectivity index (χ3n) is 4.74. The predicted molar refractivity (Wildman–Crippen MR) is 88.4 cm³/mol. The molecule has 0 saturated carbocycles. The number of nitrogens with one attached hydrogen (secondary N) is 1. The van der Waals surface area contributed by atoms with Gasteiger partial charge in [0.05, 0.1) is 18.0 Å². The van der Waals surface area contributed by atoms with Crippen LogP contribution in [0, 0.1) is 0 Å². The second-order valence-electron chi connectivity index (χ2n) is 6.49. The summed E-state index contributed by atoms with van der Waals surface area (Å²) in [6.45, 7) is 0.603. The molecular weight excluding hydrogens is 347 g/mol. The second-order valence-corrected chi connectivity index (χ2v) is 6.49. The summed E-state index contributed by atoms with van der Waals surface area (Å²) in [5.41, 5.74) is 2.15. The van der Waals surface area contributed by atoms with Crippen LogP contribution in [0.25, 0.3) is 21.9 Å². The van der Waals surface area contributed by atoms with Crippen molar-refractivity contribution in [2.45, 2.75) is 31.4 Å². The van der Waals surface area contributed by atoms with Gasteiger partial charge in [-0.2, -0.15) is 13.2 Å². The maximum absolute atomic E-state index is 12.6. The Labute approximate surface area is 146 Å². The number of carbonyl (C=O) groups is 1. The molecule has 1 atom stereocenters. The van der Waals surface area contributed by atoms with Crippen molar-refractivity contribution in [3.63, 3.8) is 0 Å². The van der Waals surface area contributed by atoms with Gasteiger partial charge in [-0.3, -0.25) is 4.79 Å². The molecule has 4 rings (SSSR count). The molecule has 136 valence electrons. The zero-order valence-electron chi connectivity index (χ0n) is 13.8. The van der Waals surface area contributed by atoms with E-state index >= 15 is 0 Å². The van der Waals surface area contributed by atoms with E-state index in [4.69, 9.17) is 0 Å². The quantitative estimate of drug-likeness (QED) is 0.759. The van der Waals surface area contributed by atoms with Gasteiger partial charge in [0.25, 0.3) is 0 Å². The summed E-state index contributed by atoms with van der Waals surface area (Å²) in [5, 5.41) is 1.71. The average molecular weight is 363 g/mol. The largest absolute Gasteiger partial charge is 0.397 e. The van der Waals surface area contributed by atoms with Crippen LogP contribution in [-0.2, 0) is 4.79 Å². The maximum Gasteiger partial charge on any atom is 0.397 e. The van der Waals surface area contributed by atoms with E-state index in [0.717, 1.165) is 22.9 Å². The number of aromatic nitrogens is 4. The number of carbonyl (C=O) groups excluding carboxylic acids is 1. The molecule has 0 spiro atoms. The van der Waals surface area contributed by atoms with Crippen LogP contribution in [-0.4, -0.2) is 50.0 Å². The number of pyridine rings is 1. The Hall–Kier alpha value is -2.71. The first-order valence-electron chi connectivity index (χ1n) is 8.33. The van der Waals surface area contributed by atoms with Gasteiger partial charge in [-0.25, -0.2) is 15.0 Å². The van der Waals surface area contributed by atoms with Gasteiger partial charge in [0.15, 0.2) is 5.65 Å². The molecular formula is C17H16F3N5O. The van der Waals surface area contributed by atoms with Crippen LogP contribution in [0.2, 0.25) is 0 Å². The van der Waals surface area contributed by atoms with Crippen molar-refractivity contribution in [3.05, 3.63) is 30.5 Å². The van der Waals surface area contributed by atoms with Gasteiger partial charge in [0.1, 0.15) is 6.42 Å². The number of fused-ring (bicyclic) bond motifs is 3. The van der Waals surface area contributed by atoms with Gasteiger partial charge < -0.3 is 9.88 Å². The molecule has 26 heavy (non-hydrogen) atoms. The number of alkyl halides is 3. The molecule has 0 aliphatic carbocycles. The minimum Gasteiger partial charge on any atom is -0.349 e. The molecule has 1 amide bonds. The minimum atomic E-state index is -4.49. The lowest BCUT2D eigenvalue weighted by Crippen LogP contribution is -2.41. The molecule has 3 aromatic heterocycles. The van der Waals surface area contributed by atoms with E-state index in [1.54, 1.807) is 18.7 Å². The Morgan fingerprint density at radius 1 is 1.31 bits per heavy atom. The van der Waals surface area contributed by atoms with E-state index < -0.39 is 18.5 Å². The van der Waals surface area contributed by atoms with Crippen molar-refractivity contribution in [2.24, 2.45) is 0 Å². The molecule has 1 aliphatic heterocycles. The monoisotopic (exact) mass is 363 g/mol. The van der Waals surface area contributed by atoms with Gasteiger partial charge in [0, 0.05) is 41.7 Å². The Bertz CT molecular complexity index is 968. The van der Waals surface area contributed by atoms with E-state index in [2.05, 4.69) is 19.9 Å². The van der Waals surface area contributed by atoms with Crippen LogP contribution >= 0.6 is 0 Å². The van der Waals surface area contributed by atoms with Crippen LogP contribution in [0.15, 0.2) is 24.8 Å². The molecule has 1 aliphatic rings. The predicted octanol–water partition coefficient (Wildman–Crippen LogP) is 3.16. The number of rotatable bonds is 2. The summed E-state index contributed by atoms with van der Waals surface area (Å²) in [4.78, 5) is 29.2. The normalized spacial score (nSPS) is 18.6. The van der Waals surface area contributed by atoms with E-state index in [1.807, 2.05) is 6.07 Å². The number of likely N-dealkylation sites (tertiary alicyclic amines) is 1. The first kappa shape index (κ1) is 16.7. The summed E-state index contributed by atoms with van der Waals surface area (Å²) in [7, 11) is 0. The average Bonchev–Trinajstić information content (AvgIpc) is 3.09. The van der Waals surface area contributed by atoms with Crippen LogP contribution in [0.5, 0.6) is 0 Å². The number of H-pyrrole nitrogens is 1. The number of halogens is 3. The number of aromatic amines is 1. The fraction of sp³-hybridized carbons (Fsp3) is 0.412. The van der Waals surface area contributed by atoms with Crippen molar-refractivity contribution in [2.75, 3.05) is 13.1 Å². The molecule has 1 N–H and O–H groups in total. The first-order valence-corrected chi connectivity index (χ1v) is 8.33. The van der Waals surface area contributed by atoms with Gasteiger partial charge >= 0.3 is 6.18 Å². The molecule has 1 unspecified atom stereocenters. The Balaban J connectivity index is 1.69. The summed E-state index contributed by atoms with van der Waals surface area (Å²) >= 11 is 0. The Morgan fingerprint density at radius 2 is 2.15 bits per heavy atom. The molecule has 0 bridgehead atoms. The lowest BCUT2D eigenvalue weighted by molar-refractivity contribution is -0.162. The Kier molecular flexibility index (Phi) is 4.01. The number of amides is 1. The van der Waals surface area contributed by atoms with Crippen molar-refractivity contribution >= 4 is 27.8 Å². The van der Waals surface area contributed by atoms with Crippen LogP contribution in [0.3, 0.4) is 0 Å². The molecule has 9 heteroatoms. The molecule has 3 aromatic rings. The fourth-order valence-electron chi connectivity index (χ4n) is 3.62. The van der Waals surface area contributed by atoms with Crippen LogP contribution in [0.1, 0.15) is 30.9 Å². The molecule has 4 heterocycles.